The van der Waals surface area contributed by atoms with Crippen LogP contribution in [0.4, 0.5) is 5.00 Å². The number of hydrogen-bond acceptors (Lipinski definition) is 5. The predicted octanol–water partition coefficient (Wildman–Crippen LogP) is 2.65. The van der Waals surface area contributed by atoms with Gasteiger partial charge in [0.1, 0.15) is 5.00 Å². The van der Waals surface area contributed by atoms with Gasteiger partial charge in [0.05, 0.1) is 11.1 Å². The van der Waals surface area contributed by atoms with E-state index in [4.69, 9.17) is 10.5 Å². The first kappa shape index (κ1) is 17.7. The first-order valence-corrected chi connectivity index (χ1v) is 8.13. The lowest BCUT2D eigenvalue weighted by Gasteiger charge is -2.14. The molecule has 6 nitrogen and oxygen atoms in total. The van der Waals surface area contributed by atoms with Gasteiger partial charge < -0.3 is 15.8 Å². The van der Waals surface area contributed by atoms with Crippen LogP contribution in [0, 0.1) is 13.8 Å². The number of aryl methyl sites for hydroxylation is 2. The zero-order valence-electron chi connectivity index (χ0n) is 13.6. The number of thiophene rings is 1. The minimum atomic E-state index is -1.01. The fourth-order valence-electron chi connectivity index (χ4n) is 2.19. The number of hydrogen-bond donors (Lipinski definition) is 2. The number of ether oxygens (including phenoxy) is 1. The van der Waals surface area contributed by atoms with E-state index in [-0.39, 0.29) is 5.56 Å². The van der Waals surface area contributed by atoms with Gasteiger partial charge in [-0.3, -0.25) is 9.59 Å². The zero-order chi connectivity index (χ0) is 17.9. The third-order valence-electron chi connectivity index (χ3n) is 3.28. The Kier molecular flexibility index (Phi) is 5.35. The van der Waals surface area contributed by atoms with Crippen molar-refractivity contribution in [1.29, 1.82) is 0 Å². The van der Waals surface area contributed by atoms with E-state index in [0.717, 1.165) is 11.1 Å². The Hall–Kier alpha value is -2.67. The van der Waals surface area contributed by atoms with E-state index in [0.29, 0.717) is 10.6 Å². The maximum absolute atomic E-state index is 12.2. The summed E-state index contributed by atoms with van der Waals surface area (Å²) in [5, 5.41) is 4.53. The van der Waals surface area contributed by atoms with Crippen molar-refractivity contribution in [1.82, 2.24) is 0 Å². The lowest BCUT2D eigenvalue weighted by atomic mass is 10.1. The highest BCUT2D eigenvalue weighted by Crippen LogP contribution is 2.23. The first-order chi connectivity index (χ1) is 11.3. The highest BCUT2D eigenvalue weighted by Gasteiger charge is 2.21. The van der Waals surface area contributed by atoms with Crippen LogP contribution in [0.15, 0.2) is 29.6 Å². The molecule has 7 heteroatoms. The second-order valence-electron chi connectivity index (χ2n) is 5.44. The van der Waals surface area contributed by atoms with Crippen molar-refractivity contribution < 1.29 is 19.1 Å². The number of nitrogens with one attached hydrogen (secondary N) is 1. The molecule has 1 unspecified atom stereocenters. The van der Waals surface area contributed by atoms with Gasteiger partial charge in [0.15, 0.2) is 6.10 Å². The summed E-state index contributed by atoms with van der Waals surface area (Å²) in [7, 11) is 0. The Balaban J connectivity index is 2.04. The number of benzene rings is 1. The molecule has 3 N–H and O–H groups in total. The molecule has 0 saturated carbocycles. The summed E-state index contributed by atoms with van der Waals surface area (Å²) in [6, 6.07) is 6.86. The molecule has 0 saturated heterocycles. The van der Waals surface area contributed by atoms with Crippen LogP contribution in [0.1, 0.15) is 38.8 Å². The average molecular weight is 346 g/mol. The zero-order valence-corrected chi connectivity index (χ0v) is 14.4. The van der Waals surface area contributed by atoms with Crippen molar-refractivity contribution >= 4 is 34.1 Å². The van der Waals surface area contributed by atoms with E-state index in [2.05, 4.69) is 5.32 Å². The largest absolute Gasteiger partial charge is 0.449 e. The van der Waals surface area contributed by atoms with Gasteiger partial charge in [0.2, 0.25) is 0 Å². The van der Waals surface area contributed by atoms with Crippen LogP contribution in [0.3, 0.4) is 0 Å². The third kappa shape index (κ3) is 4.20. The van der Waals surface area contributed by atoms with Crippen molar-refractivity contribution in [2.24, 2.45) is 5.73 Å². The molecule has 0 aliphatic rings. The molecule has 24 heavy (non-hydrogen) atoms. The maximum atomic E-state index is 12.2. The first-order valence-electron chi connectivity index (χ1n) is 7.25. The van der Waals surface area contributed by atoms with Crippen molar-refractivity contribution in [3.63, 3.8) is 0 Å². The number of anilines is 1. The molecule has 1 aromatic heterocycles. The number of carbonyl (C=O) groups is 3. The number of esters is 1. The molecular formula is C17H18N2O4S. The van der Waals surface area contributed by atoms with Crippen LogP contribution >= 0.6 is 11.3 Å². The molecule has 2 amide bonds. The van der Waals surface area contributed by atoms with E-state index in [9.17, 15) is 14.4 Å². The number of rotatable bonds is 5. The van der Waals surface area contributed by atoms with E-state index >= 15 is 0 Å². The SMILES string of the molecule is Cc1cc(C)cc(C(=O)OC(C)C(=O)Nc2sccc2C(N)=O)c1. The molecule has 0 bridgehead atoms. The highest BCUT2D eigenvalue weighted by atomic mass is 32.1. The average Bonchev–Trinajstić information content (AvgIpc) is 2.94. The minimum absolute atomic E-state index is 0.223. The van der Waals surface area contributed by atoms with E-state index in [1.54, 1.807) is 17.5 Å². The van der Waals surface area contributed by atoms with Gasteiger partial charge >= 0.3 is 5.97 Å². The highest BCUT2D eigenvalue weighted by molar-refractivity contribution is 7.14. The summed E-state index contributed by atoms with van der Waals surface area (Å²) in [5.74, 6) is -1.74. The van der Waals surface area contributed by atoms with Crippen LogP contribution in [-0.4, -0.2) is 23.9 Å². The monoisotopic (exact) mass is 346 g/mol. The Labute approximate surface area is 143 Å². The fourth-order valence-corrected chi connectivity index (χ4v) is 2.98. The molecule has 2 aromatic rings. The third-order valence-corrected chi connectivity index (χ3v) is 4.11. The van der Waals surface area contributed by atoms with Gasteiger partial charge in [-0.05, 0) is 44.4 Å². The topological polar surface area (TPSA) is 98.5 Å². The number of amides is 2. The van der Waals surface area contributed by atoms with Gasteiger partial charge in [0.25, 0.3) is 11.8 Å². The van der Waals surface area contributed by atoms with Crippen LogP contribution in [0.25, 0.3) is 0 Å². The minimum Gasteiger partial charge on any atom is -0.449 e. The molecule has 0 spiro atoms. The second kappa shape index (κ2) is 7.27. The molecular weight excluding hydrogens is 328 g/mol. The quantitative estimate of drug-likeness (QED) is 0.813. The van der Waals surface area contributed by atoms with Crippen LogP contribution < -0.4 is 11.1 Å². The standard InChI is InChI=1S/C17H18N2O4S/c1-9-6-10(2)8-12(7-9)17(22)23-11(3)15(21)19-16-13(14(18)20)4-5-24-16/h4-8,11H,1-3H3,(H2,18,20)(H,19,21). The normalized spacial score (nSPS) is 11.6. The van der Waals surface area contributed by atoms with E-state index in [1.165, 1.54) is 24.3 Å². The molecule has 126 valence electrons. The number of carbonyl (C=O) groups excluding carboxylic acids is 3. The summed E-state index contributed by atoms with van der Waals surface area (Å²) >= 11 is 1.17. The van der Waals surface area contributed by atoms with Gasteiger partial charge in [-0.1, -0.05) is 17.2 Å². The molecule has 1 atom stereocenters. The summed E-state index contributed by atoms with van der Waals surface area (Å²) in [6.45, 7) is 5.22. The van der Waals surface area contributed by atoms with Crippen LogP contribution in [0.5, 0.6) is 0 Å². The van der Waals surface area contributed by atoms with Crippen molar-refractivity contribution in [2.75, 3.05) is 5.32 Å². The molecule has 0 radical (unpaired) electrons. The maximum Gasteiger partial charge on any atom is 0.338 e. The second-order valence-corrected chi connectivity index (χ2v) is 6.36. The smallest absolute Gasteiger partial charge is 0.338 e. The van der Waals surface area contributed by atoms with Crippen LogP contribution in [0.2, 0.25) is 0 Å². The summed E-state index contributed by atoms with van der Waals surface area (Å²) in [4.78, 5) is 35.6. The van der Waals surface area contributed by atoms with Gasteiger partial charge in [-0.2, -0.15) is 0 Å². The van der Waals surface area contributed by atoms with Crippen molar-refractivity contribution in [2.45, 2.75) is 26.9 Å². The van der Waals surface area contributed by atoms with Crippen LogP contribution in [-0.2, 0) is 9.53 Å². The molecule has 1 aromatic carbocycles. The van der Waals surface area contributed by atoms with E-state index < -0.39 is 23.9 Å². The van der Waals surface area contributed by atoms with Crippen molar-refractivity contribution in [3.05, 3.63) is 51.9 Å². The summed E-state index contributed by atoms with van der Waals surface area (Å²) in [5.41, 5.74) is 7.71. The predicted molar refractivity (Wildman–Crippen MR) is 92.3 cm³/mol. The van der Waals surface area contributed by atoms with Gasteiger partial charge in [-0.15, -0.1) is 11.3 Å². The molecule has 0 fully saturated rings. The van der Waals surface area contributed by atoms with E-state index in [1.807, 2.05) is 19.9 Å². The van der Waals surface area contributed by atoms with Gasteiger partial charge in [0, 0.05) is 0 Å². The van der Waals surface area contributed by atoms with Crippen molar-refractivity contribution in [3.8, 4) is 0 Å². The Morgan fingerprint density at radius 2 is 1.79 bits per heavy atom. The molecule has 0 aliphatic heterocycles. The Bertz CT molecular complexity index is 777. The lowest BCUT2D eigenvalue weighted by molar-refractivity contribution is -0.123. The molecule has 0 aliphatic carbocycles. The molecule has 1 heterocycles. The number of nitrogens with two attached hydrogens (primary N) is 1. The van der Waals surface area contributed by atoms with Gasteiger partial charge in [-0.25, -0.2) is 4.79 Å². The summed E-state index contributed by atoms with van der Waals surface area (Å²) in [6.07, 6.45) is -1.01. The lowest BCUT2D eigenvalue weighted by Crippen LogP contribution is -2.30. The number of primary amides is 1. The molecule has 2 rings (SSSR count). The Morgan fingerprint density at radius 3 is 2.38 bits per heavy atom. The fraction of sp³-hybridized carbons (Fsp3) is 0.235. The Morgan fingerprint density at radius 1 is 1.17 bits per heavy atom. The summed E-state index contributed by atoms with van der Waals surface area (Å²) < 4.78 is 5.19.